The van der Waals surface area contributed by atoms with E-state index < -0.39 is 0 Å². The van der Waals surface area contributed by atoms with Crippen LogP contribution in [0.2, 0.25) is 0 Å². The molecule has 0 spiro atoms. The van der Waals surface area contributed by atoms with Gasteiger partial charge in [-0.1, -0.05) is 23.8 Å². The Labute approximate surface area is 129 Å². The molecule has 1 N–H and O–H groups in total. The molecule has 0 saturated carbocycles. The third-order valence-corrected chi connectivity index (χ3v) is 4.03. The number of thiazole rings is 1. The second-order valence-electron chi connectivity index (χ2n) is 5.10. The predicted molar refractivity (Wildman–Crippen MR) is 88.5 cm³/mol. The smallest absolute Gasteiger partial charge is 0.244 e. The molecule has 0 saturated heterocycles. The SMILES string of the molecule is Cc1ccc(CCNC(=O)C=Cc2csc(C)n2)c(C)c1. The van der Waals surface area contributed by atoms with Crippen LogP contribution in [0.5, 0.6) is 0 Å². The van der Waals surface area contributed by atoms with E-state index in [2.05, 4.69) is 42.3 Å². The Morgan fingerprint density at radius 3 is 2.81 bits per heavy atom. The molecule has 0 atom stereocenters. The fourth-order valence-corrected chi connectivity index (χ4v) is 2.70. The number of hydrogen-bond donors (Lipinski definition) is 1. The van der Waals surface area contributed by atoms with Crippen LogP contribution in [0.15, 0.2) is 29.7 Å². The van der Waals surface area contributed by atoms with Gasteiger partial charge in [0.15, 0.2) is 0 Å². The van der Waals surface area contributed by atoms with Gasteiger partial charge in [0.2, 0.25) is 5.91 Å². The average Bonchev–Trinajstić information content (AvgIpc) is 2.85. The lowest BCUT2D eigenvalue weighted by molar-refractivity contribution is -0.116. The summed E-state index contributed by atoms with van der Waals surface area (Å²) >= 11 is 1.58. The van der Waals surface area contributed by atoms with Crippen LogP contribution >= 0.6 is 11.3 Å². The fourth-order valence-electron chi connectivity index (χ4n) is 2.12. The van der Waals surface area contributed by atoms with Crippen molar-refractivity contribution in [3.63, 3.8) is 0 Å². The van der Waals surface area contributed by atoms with Gasteiger partial charge in [0.05, 0.1) is 10.7 Å². The van der Waals surface area contributed by atoms with E-state index in [1.807, 2.05) is 12.3 Å². The van der Waals surface area contributed by atoms with Crippen molar-refractivity contribution in [2.75, 3.05) is 6.54 Å². The number of carbonyl (C=O) groups is 1. The number of carbonyl (C=O) groups excluding carboxylic acids is 1. The van der Waals surface area contributed by atoms with E-state index in [0.717, 1.165) is 17.1 Å². The molecule has 21 heavy (non-hydrogen) atoms. The highest BCUT2D eigenvalue weighted by molar-refractivity contribution is 7.09. The molecule has 1 aromatic heterocycles. The molecule has 2 rings (SSSR count). The van der Waals surface area contributed by atoms with Gasteiger partial charge in [0.25, 0.3) is 0 Å². The summed E-state index contributed by atoms with van der Waals surface area (Å²) in [5, 5.41) is 5.84. The summed E-state index contributed by atoms with van der Waals surface area (Å²) in [6.45, 7) is 6.79. The van der Waals surface area contributed by atoms with Gasteiger partial charge in [-0.25, -0.2) is 4.98 Å². The lowest BCUT2D eigenvalue weighted by atomic mass is 10.0. The number of aryl methyl sites for hydroxylation is 3. The van der Waals surface area contributed by atoms with Gasteiger partial charge in [-0.05, 0) is 44.4 Å². The highest BCUT2D eigenvalue weighted by Gasteiger charge is 2.00. The van der Waals surface area contributed by atoms with E-state index in [0.29, 0.717) is 6.54 Å². The van der Waals surface area contributed by atoms with Crippen molar-refractivity contribution in [1.29, 1.82) is 0 Å². The van der Waals surface area contributed by atoms with Gasteiger partial charge in [-0.3, -0.25) is 4.79 Å². The Morgan fingerprint density at radius 2 is 2.14 bits per heavy atom. The highest BCUT2D eigenvalue weighted by Crippen LogP contribution is 2.11. The molecule has 3 nitrogen and oxygen atoms in total. The minimum absolute atomic E-state index is 0.0783. The number of rotatable bonds is 5. The van der Waals surface area contributed by atoms with E-state index >= 15 is 0 Å². The molecule has 1 amide bonds. The monoisotopic (exact) mass is 300 g/mol. The molecular weight excluding hydrogens is 280 g/mol. The topological polar surface area (TPSA) is 42.0 Å². The Bertz CT molecular complexity index is 659. The minimum atomic E-state index is -0.0783. The van der Waals surface area contributed by atoms with Gasteiger partial charge >= 0.3 is 0 Å². The molecule has 4 heteroatoms. The number of amides is 1. The predicted octanol–water partition coefficient (Wildman–Crippen LogP) is 3.44. The minimum Gasteiger partial charge on any atom is -0.352 e. The maximum absolute atomic E-state index is 11.7. The number of benzene rings is 1. The van der Waals surface area contributed by atoms with Crippen molar-refractivity contribution >= 4 is 23.3 Å². The summed E-state index contributed by atoms with van der Waals surface area (Å²) in [6, 6.07) is 6.40. The molecule has 0 aliphatic rings. The lowest BCUT2D eigenvalue weighted by Crippen LogP contribution is -2.23. The van der Waals surface area contributed by atoms with Crippen LogP contribution in [0.4, 0.5) is 0 Å². The van der Waals surface area contributed by atoms with E-state index in [1.165, 1.54) is 22.8 Å². The maximum Gasteiger partial charge on any atom is 0.244 e. The zero-order valence-electron chi connectivity index (χ0n) is 12.6. The van der Waals surface area contributed by atoms with E-state index in [1.54, 1.807) is 17.4 Å². The second-order valence-corrected chi connectivity index (χ2v) is 6.16. The third-order valence-electron chi connectivity index (χ3n) is 3.23. The summed E-state index contributed by atoms with van der Waals surface area (Å²) in [6.07, 6.45) is 4.13. The van der Waals surface area contributed by atoms with Gasteiger partial charge < -0.3 is 5.32 Å². The van der Waals surface area contributed by atoms with Crippen LogP contribution in [-0.4, -0.2) is 17.4 Å². The molecule has 0 unspecified atom stereocenters. The van der Waals surface area contributed by atoms with Crippen molar-refractivity contribution in [3.8, 4) is 0 Å². The highest BCUT2D eigenvalue weighted by atomic mass is 32.1. The molecule has 1 aromatic carbocycles. The standard InChI is InChI=1S/C17H20N2OS/c1-12-4-5-15(13(2)10-12)8-9-18-17(20)7-6-16-11-21-14(3)19-16/h4-7,10-11H,8-9H2,1-3H3,(H,18,20). The van der Waals surface area contributed by atoms with Crippen LogP contribution in [0.1, 0.15) is 27.4 Å². The zero-order chi connectivity index (χ0) is 15.2. The summed E-state index contributed by atoms with van der Waals surface area (Å²) in [4.78, 5) is 16.0. The van der Waals surface area contributed by atoms with Gasteiger partial charge in [0, 0.05) is 18.0 Å². The van der Waals surface area contributed by atoms with Crippen molar-refractivity contribution in [1.82, 2.24) is 10.3 Å². The van der Waals surface area contributed by atoms with Crippen molar-refractivity contribution in [2.24, 2.45) is 0 Å². The molecular formula is C17H20N2OS. The normalized spacial score (nSPS) is 11.0. The van der Waals surface area contributed by atoms with Crippen molar-refractivity contribution in [2.45, 2.75) is 27.2 Å². The van der Waals surface area contributed by atoms with Crippen LogP contribution in [0, 0.1) is 20.8 Å². The Morgan fingerprint density at radius 1 is 1.33 bits per heavy atom. The molecule has 1 heterocycles. The van der Waals surface area contributed by atoms with Gasteiger partial charge in [0.1, 0.15) is 0 Å². The van der Waals surface area contributed by atoms with Crippen LogP contribution < -0.4 is 5.32 Å². The molecule has 0 bridgehead atoms. The molecule has 110 valence electrons. The van der Waals surface area contributed by atoms with Crippen molar-refractivity contribution in [3.05, 3.63) is 57.0 Å². The van der Waals surface area contributed by atoms with Crippen LogP contribution in [-0.2, 0) is 11.2 Å². The van der Waals surface area contributed by atoms with Gasteiger partial charge in [-0.15, -0.1) is 11.3 Å². The third kappa shape index (κ3) is 4.83. The maximum atomic E-state index is 11.7. The quantitative estimate of drug-likeness (QED) is 0.859. The lowest BCUT2D eigenvalue weighted by Gasteiger charge is -2.07. The zero-order valence-corrected chi connectivity index (χ0v) is 13.5. The molecule has 0 aliphatic heterocycles. The Kier molecular flexibility index (Phi) is 5.28. The van der Waals surface area contributed by atoms with Gasteiger partial charge in [-0.2, -0.15) is 0 Å². The summed E-state index contributed by atoms with van der Waals surface area (Å²) in [7, 11) is 0. The Hall–Kier alpha value is -1.94. The summed E-state index contributed by atoms with van der Waals surface area (Å²) in [5.74, 6) is -0.0783. The fraction of sp³-hybridized carbons (Fsp3) is 0.294. The van der Waals surface area contributed by atoms with Crippen LogP contribution in [0.25, 0.3) is 6.08 Å². The first kappa shape index (κ1) is 15.4. The average molecular weight is 300 g/mol. The van der Waals surface area contributed by atoms with E-state index in [-0.39, 0.29) is 5.91 Å². The summed E-state index contributed by atoms with van der Waals surface area (Å²) < 4.78 is 0. The number of nitrogens with zero attached hydrogens (tertiary/aromatic N) is 1. The molecule has 0 aliphatic carbocycles. The number of nitrogens with one attached hydrogen (secondary N) is 1. The Balaban J connectivity index is 1.80. The first-order chi connectivity index (χ1) is 10.0. The first-order valence-electron chi connectivity index (χ1n) is 6.99. The van der Waals surface area contributed by atoms with E-state index in [9.17, 15) is 4.79 Å². The first-order valence-corrected chi connectivity index (χ1v) is 7.87. The number of hydrogen-bond acceptors (Lipinski definition) is 3. The summed E-state index contributed by atoms with van der Waals surface area (Å²) in [5.41, 5.74) is 4.65. The molecule has 0 radical (unpaired) electrons. The molecule has 2 aromatic rings. The number of aromatic nitrogens is 1. The largest absolute Gasteiger partial charge is 0.352 e. The molecule has 0 fully saturated rings. The van der Waals surface area contributed by atoms with Crippen molar-refractivity contribution < 1.29 is 4.79 Å². The van der Waals surface area contributed by atoms with E-state index in [4.69, 9.17) is 0 Å². The van der Waals surface area contributed by atoms with Crippen LogP contribution in [0.3, 0.4) is 0 Å². The second kappa shape index (κ2) is 7.18.